The zero-order valence-electron chi connectivity index (χ0n) is 4.94. The minimum atomic E-state index is -0.358. The van der Waals surface area contributed by atoms with E-state index in [9.17, 15) is 4.39 Å². The van der Waals surface area contributed by atoms with Crippen molar-refractivity contribution < 1.29 is 4.39 Å². The Labute approximate surface area is 71.6 Å². The van der Waals surface area contributed by atoms with E-state index in [2.05, 4.69) is 0 Å². The minimum absolute atomic E-state index is 0.358. The van der Waals surface area contributed by atoms with Crippen LogP contribution < -0.4 is 0 Å². The minimum Gasteiger partial charge on any atom is -0.207 e. The number of hydrogen-bond donors (Lipinski definition) is 0. The molecule has 1 rings (SSSR count). The number of nitrogens with zero attached hydrogens (tertiary/aromatic N) is 1. The molecule has 0 spiro atoms. The molecule has 1 aromatic rings. The molecule has 0 fully saturated rings. The summed E-state index contributed by atoms with van der Waals surface area (Å²) >= 11 is 1.96. The van der Waals surface area contributed by atoms with E-state index in [-0.39, 0.29) is 5.82 Å². The van der Waals surface area contributed by atoms with Crippen LogP contribution in [-0.4, -0.2) is 0 Å². The monoisotopic (exact) mass is 247 g/mol. The predicted molar refractivity (Wildman–Crippen MR) is 43.8 cm³/mol. The first-order chi connectivity index (χ1) is 4.72. The van der Waals surface area contributed by atoms with Gasteiger partial charge >= 0.3 is 0 Å². The van der Waals surface area contributed by atoms with Crippen molar-refractivity contribution in [3.63, 3.8) is 0 Å². The van der Waals surface area contributed by atoms with Crippen LogP contribution in [0.4, 0.5) is 4.39 Å². The van der Waals surface area contributed by atoms with E-state index in [1.54, 1.807) is 6.07 Å². The summed E-state index contributed by atoms with van der Waals surface area (Å²) in [5.74, 6) is -0.358. The van der Waals surface area contributed by atoms with Crippen LogP contribution in [0.5, 0.6) is 0 Å². The summed E-state index contributed by atoms with van der Waals surface area (Å²) in [6.45, 7) is 0. The lowest BCUT2D eigenvalue weighted by atomic mass is 10.2. The molecule has 0 atom stereocenters. The van der Waals surface area contributed by atoms with Gasteiger partial charge in [0.2, 0.25) is 0 Å². The summed E-state index contributed by atoms with van der Waals surface area (Å²) in [6.07, 6.45) is 0. The van der Waals surface area contributed by atoms with Crippen molar-refractivity contribution in [3.8, 4) is 6.07 Å². The number of nitriles is 1. The summed E-state index contributed by atoms with van der Waals surface area (Å²) in [4.78, 5) is 0. The van der Waals surface area contributed by atoms with Crippen LogP contribution in [0, 0.1) is 20.7 Å². The summed E-state index contributed by atoms with van der Waals surface area (Å²) in [5, 5.41) is 8.37. The van der Waals surface area contributed by atoms with Crippen LogP contribution >= 0.6 is 22.6 Å². The predicted octanol–water partition coefficient (Wildman–Crippen LogP) is 2.30. The molecule has 0 radical (unpaired) electrons. The topological polar surface area (TPSA) is 23.8 Å². The molecule has 0 saturated heterocycles. The Balaban J connectivity index is 3.22. The molecule has 1 aromatic carbocycles. The van der Waals surface area contributed by atoms with Crippen LogP contribution in [0.25, 0.3) is 0 Å². The fourth-order valence-electron chi connectivity index (χ4n) is 0.618. The van der Waals surface area contributed by atoms with Crippen LogP contribution in [-0.2, 0) is 0 Å². The Bertz CT molecular complexity index is 270. The fraction of sp³-hybridized carbons (Fsp3) is 0. The van der Waals surface area contributed by atoms with Gasteiger partial charge in [-0.1, -0.05) is 0 Å². The molecule has 0 N–H and O–H groups in total. The standard InChI is InChI=1S/C7H3FIN/c8-6-1-5(4-10)2-7(9)3-6/h1-3H. The first kappa shape index (κ1) is 7.48. The molecule has 1 nitrogen and oxygen atoms in total. The third-order valence-corrected chi connectivity index (χ3v) is 1.61. The summed E-state index contributed by atoms with van der Waals surface area (Å²) in [7, 11) is 0. The summed E-state index contributed by atoms with van der Waals surface area (Å²) in [5.41, 5.74) is 0.365. The normalized spacial score (nSPS) is 8.90. The Hall–Kier alpha value is -0.630. The Morgan fingerprint density at radius 3 is 2.60 bits per heavy atom. The third-order valence-electron chi connectivity index (χ3n) is 0.992. The van der Waals surface area contributed by atoms with Crippen molar-refractivity contribution in [3.05, 3.63) is 33.1 Å². The van der Waals surface area contributed by atoms with Gasteiger partial charge in [-0.25, -0.2) is 4.39 Å². The van der Waals surface area contributed by atoms with E-state index in [1.165, 1.54) is 12.1 Å². The highest BCUT2D eigenvalue weighted by Crippen LogP contribution is 2.09. The molecule has 10 heavy (non-hydrogen) atoms. The second-order valence-corrected chi connectivity index (χ2v) is 3.02. The van der Waals surface area contributed by atoms with Gasteiger partial charge in [-0.2, -0.15) is 5.26 Å². The first-order valence-electron chi connectivity index (χ1n) is 2.58. The lowest BCUT2D eigenvalue weighted by Crippen LogP contribution is -1.80. The quantitative estimate of drug-likeness (QED) is 0.645. The van der Waals surface area contributed by atoms with Gasteiger partial charge in [-0.05, 0) is 40.8 Å². The van der Waals surface area contributed by atoms with Crippen LogP contribution in [0.3, 0.4) is 0 Å². The first-order valence-corrected chi connectivity index (χ1v) is 3.66. The molecule has 0 aliphatic rings. The van der Waals surface area contributed by atoms with E-state index in [0.29, 0.717) is 5.56 Å². The molecule has 0 aliphatic heterocycles. The summed E-state index contributed by atoms with van der Waals surface area (Å²) in [6, 6.07) is 6.08. The smallest absolute Gasteiger partial charge is 0.125 e. The van der Waals surface area contributed by atoms with E-state index in [1.807, 2.05) is 28.7 Å². The van der Waals surface area contributed by atoms with Gasteiger partial charge in [0.05, 0.1) is 11.6 Å². The van der Waals surface area contributed by atoms with Crippen molar-refractivity contribution in [1.82, 2.24) is 0 Å². The van der Waals surface area contributed by atoms with Crippen molar-refractivity contribution in [2.24, 2.45) is 0 Å². The third kappa shape index (κ3) is 1.67. The number of halogens is 2. The number of benzene rings is 1. The number of rotatable bonds is 0. The highest BCUT2D eigenvalue weighted by Gasteiger charge is 1.95. The average Bonchev–Trinajstić information content (AvgIpc) is 1.85. The number of hydrogen-bond acceptors (Lipinski definition) is 1. The maximum atomic E-state index is 12.5. The molecule has 3 heteroatoms. The Kier molecular flexibility index (Phi) is 2.22. The van der Waals surface area contributed by atoms with E-state index < -0.39 is 0 Å². The van der Waals surface area contributed by atoms with Gasteiger partial charge in [0.15, 0.2) is 0 Å². The SMILES string of the molecule is N#Cc1cc(F)cc(I)c1. The average molecular weight is 247 g/mol. The van der Waals surface area contributed by atoms with Crippen LogP contribution in [0.15, 0.2) is 18.2 Å². The molecule has 0 aliphatic carbocycles. The van der Waals surface area contributed by atoms with Crippen molar-refractivity contribution in [2.75, 3.05) is 0 Å². The maximum Gasteiger partial charge on any atom is 0.125 e. The molecule has 0 saturated carbocycles. The zero-order chi connectivity index (χ0) is 7.56. The molecular weight excluding hydrogens is 244 g/mol. The molecule has 0 amide bonds. The van der Waals surface area contributed by atoms with Gasteiger partial charge in [-0.15, -0.1) is 0 Å². The van der Waals surface area contributed by atoms with Gasteiger partial charge < -0.3 is 0 Å². The molecule has 0 aromatic heterocycles. The van der Waals surface area contributed by atoms with Crippen LogP contribution in [0.1, 0.15) is 5.56 Å². The van der Waals surface area contributed by atoms with Gasteiger partial charge in [0.1, 0.15) is 5.82 Å². The van der Waals surface area contributed by atoms with Gasteiger partial charge in [-0.3, -0.25) is 0 Å². The van der Waals surface area contributed by atoms with Crippen molar-refractivity contribution >= 4 is 22.6 Å². The van der Waals surface area contributed by atoms with Crippen molar-refractivity contribution in [1.29, 1.82) is 5.26 Å². The van der Waals surface area contributed by atoms with Crippen LogP contribution in [0.2, 0.25) is 0 Å². The Morgan fingerprint density at radius 2 is 2.10 bits per heavy atom. The molecular formula is C7H3FIN. The van der Waals surface area contributed by atoms with E-state index in [0.717, 1.165) is 3.57 Å². The largest absolute Gasteiger partial charge is 0.207 e. The molecule has 0 unspecified atom stereocenters. The van der Waals surface area contributed by atoms with Crippen molar-refractivity contribution in [2.45, 2.75) is 0 Å². The maximum absolute atomic E-state index is 12.5. The second-order valence-electron chi connectivity index (χ2n) is 1.77. The van der Waals surface area contributed by atoms with Gasteiger partial charge in [0.25, 0.3) is 0 Å². The highest BCUT2D eigenvalue weighted by atomic mass is 127. The zero-order valence-corrected chi connectivity index (χ0v) is 7.09. The second kappa shape index (κ2) is 2.97. The Morgan fingerprint density at radius 1 is 1.40 bits per heavy atom. The lowest BCUT2D eigenvalue weighted by Gasteiger charge is -1.90. The van der Waals surface area contributed by atoms with E-state index in [4.69, 9.17) is 5.26 Å². The van der Waals surface area contributed by atoms with Gasteiger partial charge in [0, 0.05) is 3.57 Å². The molecule has 0 bridgehead atoms. The molecule has 0 heterocycles. The highest BCUT2D eigenvalue weighted by molar-refractivity contribution is 14.1. The summed E-state index contributed by atoms with van der Waals surface area (Å²) < 4.78 is 13.2. The molecule has 50 valence electrons. The lowest BCUT2D eigenvalue weighted by molar-refractivity contribution is 0.626. The van der Waals surface area contributed by atoms with E-state index >= 15 is 0 Å². The fourth-order valence-corrected chi connectivity index (χ4v) is 1.25.